The van der Waals surface area contributed by atoms with Crippen LogP contribution in [-0.4, -0.2) is 4.98 Å². The number of hydrogen-bond acceptors (Lipinski definition) is 2. The molecule has 0 saturated heterocycles. The molecule has 0 N–H and O–H groups in total. The van der Waals surface area contributed by atoms with Crippen LogP contribution in [0.5, 0.6) is 11.5 Å². The van der Waals surface area contributed by atoms with E-state index in [1.165, 1.54) is 5.56 Å². The van der Waals surface area contributed by atoms with Gasteiger partial charge in [0, 0.05) is 12.4 Å². The van der Waals surface area contributed by atoms with Crippen LogP contribution < -0.4 is 4.74 Å². The van der Waals surface area contributed by atoms with Gasteiger partial charge in [-0.3, -0.25) is 4.98 Å². The predicted molar refractivity (Wildman–Crippen MR) is 63.2 cm³/mol. The SMILES string of the molecule is Cc1ccc(Oc2ccncc2)c(Br)c1. The Bertz CT molecular complexity index is 456. The Morgan fingerprint density at radius 1 is 1.13 bits per heavy atom. The van der Waals surface area contributed by atoms with Crippen molar-refractivity contribution in [3.05, 3.63) is 52.8 Å². The van der Waals surface area contributed by atoms with Crippen molar-refractivity contribution < 1.29 is 4.74 Å². The highest BCUT2D eigenvalue weighted by Gasteiger charge is 2.01. The minimum absolute atomic E-state index is 0.787. The van der Waals surface area contributed by atoms with Crippen LogP contribution in [0.1, 0.15) is 5.56 Å². The maximum absolute atomic E-state index is 5.68. The molecule has 2 aromatic rings. The molecule has 1 heterocycles. The lowest BCUT2D eigenvalue weighted by Gasteiger charge is -2.07. The van der Waals surface area contributed by atoms with Gasteiger partial charge in [0.15, 0.2) is 0 Å². The summed E-state index contributed by atoms with van der Waals surface area (Å²) in [7, 11) is 0. The van der Waals surface area contributed by atoms with E-state index in [2.05, 4.69) is 20.9 Å². The van der Waals surface area contributed by atoms with Gasteiger partial charge in [0.25, 0.3) is 0 Å². The lowest BCUT2D eigenvalue weighted by atomic mass is 10.2. The second kappa shape index (κ2) is 4.45. The summed E-state index contributed by atoms with van der Waals surface area (Å²) in [5.74, 6) is 1.60. The Morgan fingerprint density at radius 3 is 2.53 bits per heavy atom. The molecule has 2 nitrogen and oxygen atoms in total. The van der Waals surface area contributed by atoms with Gasteiger partial charge >= 0.3 is 0 Å². The Balaban J connectivity index is 2.25. The van der Waals surface area contributed by atoms with Crippen molar-refractivity contribution in [2.24, 2.45) is 0 Å². The number of nitrogens with zero attached hydrogens (tertiary/aromatic N) is 1. The first kappa shape index (κ1) is 10.2. The minimum Gasteiger partial charge on any atom is -0.456 e. The van der Waals surface area contributed by atoms with Gasteiger partial charge in [0.1, 0.15) is 11.5 Å². The summed E-state index contributed by atoms with van der Waals surface area (Å²) in [6.07, 6.45) is 3.41. The largest absolute Gasteiger partial charge is 0.456 e. The number of aromatic nitrogens is 1. The average molecular weight is 264 g/mol. The highest BCUT2D eigenvalue weighted by atomic mass is 79.9. The van der Waals surface area contributed by atoms with E-state index in [4.69, 9.17) is 4.74 Å². The Morgan fingerprint density at radius 2 is 1.87 bits per heavy atom. The molecule has 0 radical (unpaired) electrons. The number of pyridine rings is 1. The van der Waals surface area contributed by atoms with Gasteiger partial charge in [-0.05, 0) is 52.7 Å². The van der Waals surface area contributed by atoms with Crippen LogP contribution in [0.15, 0.2) is 47.2 Å². The molecule has 0 spiro atoms. The molecular formula is C12H10BrNO. The molecule has 0 amide bonds. The predicted octanol–water partition coefficient (Wildman–Crippen LogP) is 3.94. The number of hydrogen-bond donors (Lipinski definition) is 0. The van der Waals surface area contributed by atoms with Gasteiger partial charge in [-0.25, -0.2) is 0 Å². The Hall–Kier alpha value is -1.35. The van der Waals surface area contributed by atoms with Gasteiger partial charge in [-0.2, -0.15) is 0 Å². The average Bonchev–Trinajstić information content (AvgIpc) is 2.24. The van der Waals surface area contributed by atoms with Crippen LogP contribution in [0, 0.1) is 6.92 Å². The lowest BCUT2D eigenvalue weighted by Crippen LogP contribution is -1.86. The standard InChI is InChI=1S/C12H10BrNO/c1-9-2-3-12(11(13)8-9)15-10-4-6-14-7-5-10/h2-8H,1H3. The fraction of sp³-hybridized carbons (Fsp3) is 0.0833. The molecular weight excluding hydrogens is 254 g/mol. The third-order valence-electron chi connectivity index (χ3n) is 1.96. The van der Waals surface area contributed by atoms with Crippen LogP contribution in [0.3, 0.4) is 0 Å². The summed E-state index contributed by atoms with van der Waals surface area (Å²) in [5.41, 5.74) is 1.20. The number of ether oxygens (including phenoxy) is 1. The summed E-state index contributed by atoms with van der Waals surface area (Å²) in [4.78, 5) is 3.93. The molecule has 0 fully saturated rings. The maximum atomic E-state index is 5.68. The minimum atomic E-state index is 0.787. The molecule has 15 heavy (non-hydrogen) atoms. The molecule has 1 aromatic heterocycles. The zero-order valence-corrected chi connectivity index (χ0v) is 9.86. The topological polar surface area (TPSA) is 22.1 Å². The van der Waals surface area contributed by atoms with E-state index >= 15 is 0 Å². The van der Waals surface area contributed by atoms with Gasteiger partial charge in [0.05, 0.1) is 4.47 Å². The molecule has 0 aliphatic carbocycles. The van der Waals surface area contributed by atoms with E-state index in [-0.39, 0.29) is 0 Å². The number of halogens is 1. The van der Waals surface area contributed by atoms with E-state index in [9.17, 15) is 0 Å². The van der Waals surface area contributed by atoms with E-state index in [0.717, 1.165) is 16.0 Å². The molecule has 0 aliphatic heterocycles. The first-order valence-corrected chi connectivity index (χ1v) is 5.39. The first-order chi connectivity index (χ1) is 7.25. The molecule has 0 unspecified atom stereocenters. The fourth-order valence-corrected chi connectivity index (χ4v) is 1.80. The lowest BCUT2D eigenvalue weighted by molar-refractivity contribution is 0.479. The van der Waals surface area contributed by atoms with Gasteiger partial charge in [-0.15, -0.1) is 0 Å². The molecule has 3 heteroatoms. The maximum Gasteiger partial charge on any atom is 0.141 e. The molecule has 0 bridgehead atoms. The van der Waals surface area contributed by atoms with Crippen molar-refractivity contribution in [2.45, 2.75) is 6.92 Å². The van der Waals surface area contributed by atoms with Crippen molar-refractivity contribution in [3.63, 3.8) is 0 Å². The van der Waals surface area contributed by atoms with Crippen molar-refractivity contribution in [2.75, 3.05) is 0 Å². The number of aryl methyl sites for hydroxylation is 1. The van der Waals surface area contributed by atoms with E-state index in [0.29, 0.717) is 0 Å². The number of benzene rings is 1. The summed E-state index contributed by atoms with van der Waals surface area (Å²) < 4.78 is 6.63. The molecule has 1 aromatic carbocycles. The van der Waals surface area contributed by atoms with Crippen LogP contribution in [0.4, 0.5) is 0 Å². The second-order valence-corrected chi connectivity index (χ2v) is 4.07. The number of rotatable bonds is 2. The molecule has 0 atom stereocenters. The molecule has 2 rings (SSSR count). The zero-order chi connectivity index (χ0) is 10.7. The Labute approximate surface area is 97.1 Å². The monoisotopic (exact) mass is 263 g/mol. The third kappa shape index (κ3) is 2.57. The van der Waals surface area contributed by atoms with Crippen LogP contribution in [-0.2, 0) is 0 Å². The second-order valence-electron chi connectivity index (χ2n) is 3.22. The van der Waals surface area contributed by atoms with Gasteiger partial charge in [0.2, 0.25) is 0 Å². The molecule has 0 aliphatic rings. The molecule has 0 saturated carbocycles. The summed E-state index contributed by atoms with van der Waals surface area (Å²) >= 11 is 3.46. The van der Waals surface area contributed by atoms with Crippen LogP contribution in [0.2, 0.25) is 0 Å². The fourth-order valence-electron chi connectivity index (χ4n) is 1.22. The van der Waals surface area contributed by atoms with E-state index in [1.807, 2.05) is 37.3 Å². The van der Waals surface area contributed by atoms with E-state index < -0.39 is 0 Å². The highest BCUT2D eigenvalue weighted by molar-refractivity contribution is 9.10. The van der Waals surface area contributed by atoms with Crippen LogP contribution in [0.25, 0.3) is 0 Å². The zero-order valence-electron chi connectivity index (χ0n) is 8.27. The summed E-state index contributed by atoms with van der Waals surface area (Å²) in [6.45, 7) is 2.04. The third-order valence-corrected chi connectivity index (χ3v) is 2.58. The summed E-state index contributed by atoms with van der Waals surface area (Å²) in [6, 6.07) is 9.64. The van der Waals surface area contributed by atoms with Crippen molar-refractivity contribution in [1.82, 2.24) is 4.98 Å². The van der Waals surface area contributed by atoms with Gasteiger partial charge < -0.3 is 4.74 Å². The summed E-state index contributed by atoms with van der Waals surface area (Å²) in [5, 5.41) is 0. The van der Waals surface area contributed by atoms with Crippen molar-refractivity contribution in [3.8, 4) is 11.5 Å². The smallest absolute Gasteiger partial charge is 0.141 e. The Kier molecular flexibility index (Phi) is 3.02. The van der Waals surface area contributed by atoms with Gasteiger partial charge in [-0.1, -0.05) is 6.07 Å². The quantitative estimate of drug-likeness (QED) is 0.819. The van der Waals surface area contributed by atoms with Crippen molar-refractivity contribution >= 4 is 15.9 Å². The highest BCUT2D eigenvalue weighted by Crippen LogP contribution is 2.29. The molecule has 76 valence electrons. The van der Waals surface area contributed by atoms with Crippen LogP contribution >= 0.6 is 15.9 Å². The first-order valence-electron chi connectivity index (χ1n) is 4.60. The van der Waals surface area contributed by atoms with Crippen molar-refractivity contribution in [1.29, 1.82) is 0 Å². The van der Waals surface area contributed by atoms with E-state index in [1.54, 1.807) is 12.4 Å². The normalized spacial score (nSPS) is 10.0.